The zero-order valence-corrected chi connectivity index (χ0v) is 8.62. The van der Waals surface area contributed by atoms with Gasteiger partial charge in [0.2, 0.25) is 0 Å². The van der Waals surface area contributed by atoms with Gasteiger partial charge in [0.1, 0.15) is 5.56 Å². The molecule has 19 heavy (non-hydrogen) atoms. The summed E-state index contributed by atoms with van der Waals surface area (Å²) in [6.45, 7) is 0. The van der Waals surface area contributed by atoms with Crippen LogP contribution in [0.1, 0.15) is 17.0 Å². The second-order valence-corrected chi connectivity index (χ2v) is 3.23. The highest BCUT2D eigenvalue weighted by Gasteiger charge is 2.43. The topological polar surface area (TPSA) is 47.6 Å². The Hall–Kier alpha value is -2.29. The van der Waals surface area contributed by atoms with E-state index < -0.39 is 46.5 Å². The molecule has 0 N–H and O–H groups in total. The van der Waals surface area contributed by atoms with Crippen LogP contribution in [0.15, 0.2) is 0 Å². The molecule has 0 spiro atoms. The highest BCUT2D eigenvalue weighted by atomic mass is 19.4. The van der Waals surface area contributed by atoms with Crippen LogP contribution in [-0.2, 0) is 6.18 Å². The van der Waals surface area contributed by atoms with Crippen LogP contribution in [0.5, 0.6) is 0 Å². The third-order valence-electron chi connectivity index (χ3n) is 2.13. The third kappa shape index (κ3) is 2.32. The fraction of sp³-hybridized carbons (Fsp3) is 0.200. The molecule has 0 bridgehead atoms. The second-order valence-electron chi connectivity index (χ2n) is 3.23. The van der Waals surface area contributed by atoms with E-state index in [0.29, 0.717) is 0 Å². The van der Waals surface area contributed by atoms with E-state index in [1.165, 1.54) is 0 Å². The first kappa shape index (κ1) is 14.8. The number of nitrogens with zero attached hydrogens (tertiary/aromatic N) is 2. The van der Waals surface area contributed by atoms with E-state index in [-0.39, 0.29) is 0 Å². The molecular formula is C10HF7N2. The minimum absolute atomic E-state index is 1.01. The Kier molecular flexibility index (Phi) is 3.70. The van der Waals surface area contributed by atoms with Crippen LogP contribution in [0, 0.1) is 45.9 Å². The van der Waals surface area contributed by atoms with E-state index in [0.717, 1.165) is 12.1 Å². The molecular weight excluding hydrogens is 281 g/mol. The molecule has 1 rings (SSSR count). The highest BCUT2D eigenvalue weighted by molar-refractivity contribution is 5.39. The minimum atomic E-state index is -5.66. The molecule has 0 heterocycles. The summed E-state index contributed by atoms with van der Waals surface area (Å²) in [5, 5.41) is 16.7. The molecule has 0 aliphatic heterocycles. The smallest absolute Gasteiger partial charge is 0.203 e. The van der Waals surface area contributed by atoms with Crippen molar-refractivity contribution in [1.82, 2.24) is 0 Å². The van der Waals surface area contributed by atoms with Gasteiger partial charge in [-0.25, -0.2) is 17.6 Å². The largest absolute Gasteiger partial charge is 0.422 e. The first-order chi connectivity index (χ1) is 8.66. The molecule has 0 saturated heterocycles. The number of nitriles is 2. The van der Waals surface area contributed by atoms with Gasteiger partial charge in [-0.3, -0.25) is 0 Å². The Bertz CT molecular complexity index is 563. The second kappa shape index (κ2) is 4.76. The van der Waals surface area contributed by atoms with Gasteiger partial charge in [0, 0.05) is 0 Å². The number of halogens is 7. The molecule has 0 aliphatic rings. The van der Waals surface area contributed by atoms with E-state index in [1.54, 1.807) is 0 Å². The summed E-state index contributed by atoms with van der Waals surface area (Å²) < 4.78 is 89.4. The molecule has 0 unspecified atom stereocenters. The van der Waals surface area contributed by atoms with Gasteiger partial charge < -0.3 is 0 Å². The van der Waals surface area contributed by atoms with Crippen molar-refractivity contribution in [3.05, 3.63) is 34.4 Å². The van der Waals surface area contributed by atoms with E-state index in [9.17, 15) is 30.7 Å². The summed E-state index contributed by atoms with van der Waals surface area (Å²) in [6, 6.07) is 2.01. The van der Waals surface area contributed by atoms with Crippen molar-refractivity contribution in [2.45, 2.75) is 12.1 Å². The number of rotatable bonds is 1. The average molecular weight is 282 g/mol. The summed E-state index contributed by atoms with van der Waals surface area (Å²) in [7, 11) is 0. The van der Waals surface area contributed by atoms with Gasteiger partial charge in [-0.05, 0) is 0 Å². The lowest BCUT2D eigenvalue weighted by molar-refractivity contribution is -0.143. The molecule has 1 aromatic rings. The van der Waals surface area contributed by atoms with Gasteiger partial charge in [-0.1, -0.05) is 0 Å². The maximum atomic E-state index is 13.3. The van der Waals surface area contributed by atoms with Gasteiger partial charge in [-0.2, -0.15) is 23.7 Å². The Morgan fingerprint density at radius 3 is 1.42 bits per heavy atom. The summed E-state index contributed by atoms with van der Waals surface area (Å²) in [6.07, 6.45) is -5.66. The molecule has 9 heteroatoms. The van der Waals surface area contributed by atoms with Crippen LogP contribution in [-0.4, -0.2) is 0 Å². The quantitative estimate of drug-likeness (QED) is 0.585. The van der Waals surface area contributed by atoms with Crippen molar-refractivity contribution in [2.24, 2.45) is 0 Å². The molecule has 0 saturated carbocycles. The lowest BCUT2D eigenvalue weighted by Crippen LogP contribution is -2.18. The van der Waals surface area contributed by atoms with Crippen LogP contribution in [0.25, 0.3) is 0 Å². The van der Waals surface area contributed by atoms with Gasteiger partial charge in [0.25, 0.3) is 0 Å². The van der Waals surface area contributed by atoms with Crippen LogP contribution >= 0.6 is 0 Å². The molecule has 2 nitrogen and oxygen atoms in total. The predicted molar refractivity (Wildman–Crippen MR) is 45.2 cm³/mol. The Morgan fingerprint density at radius 2 is 1.16 bits per heavy atom. The number of benzene rings is 1. The third-order valence-corrected chi connectivity index (χ3v) is 2.13. The maximum absolute atomic E-state index is 13.3. The van der Waals surface area contributed by atoms with Crippen LogP contribution in [0.3, 0.4) is 0 Å². The SMILES string of the molecule is N#CC(C#N)c1c(F)c(F)c(C(F)(F)F)c(F)c1F. The molecule has 0 fully saturated rings. The summed E-state index contributed by atoms with van der Waals surface area (Å²) in [5.74, 6) is -12.5. The van der Waals surface area contributed by atoms with Crippen LogP contribution in [0.2, 0.25) is 0 Å². The molecule has 0 aliphatic carbocycles. The summed E-state index contributed by atoms with van der Waals surface area (Å²) >= 11 is 0. The first-order valence-corrected chi connectivity index (χ1v) is 4.39. The lowest BCUT2D eigenvalue weighted by atomic mass is 9.97. The van der Waals surface area contributed by atoms with E-state index in [1.807, 2.05) is 0 Å². The highest BCUT2D eigenvalue weighted by Crippen LogP contribution is 2.38. The fourth-order valence-electron chi connectivity index (χ4n) is 1.31. The van der Waals surface area contributed by atoms with Crippen molar-refractivity contribution in [3.63, 3.8) is 0 Å². The number of hydrogen-bond donors (Lipinski definition) is 0. The van der Waals surface area contributed by atoms with Gasteiger partial charge in [-0.15, -0.1) is 0 Å². The minimum Gasteiger partial charge on any atom is -0.203 e. The Balaban J connectivity index is 3.78. The van der Waals surface area contributed by atoms with Crippen molar-refractivity contribution < 1.29 is 30.7 Å². The van der Waals surface area contributed by atoms with E-state index in [4.69, 9.17) is 10.5 Å². The van der Waals surface area contributed by atoms with Gasteiger partial charge in [0.15, 0.2) is 29.2 Å². The van der Waals surface area contributed by atoms with Crippen LogP contribution in [0.4, 0.5) is 30.7 Å². The van der Waals surface area contributed by atoms with E-state index in [2.05, 4.69) is 0 Å². The average Bonchev–Trinajstić information content (AvgIpc) is 2.30. The molecule has 100 valence electrons. The van der Waals surface area contributed by atoms with Gasteiger partial charge in [0.05, 0.1) is 17.7 Å². The first-order valence-electron chi connectivity index (χ1n) is 4.39. The summed E-state index contributed by atoms with van der Waals surface area (Å²) in [5.41, 5.74) is -4.44. The predicted octanol–water partition coefficient (Wildman–Crippen LogP) is 3.39. The Morgan fingerprint density at radius 1 is 0.789 bits per heavy atom. The standard InChI is InChI=1S/C10HF7N2/c11-6-4(3(1-18)2-19)7(12)9(14)5(8(6)13)10(15,16)17/h3H. The molecule has 0 radical (unpaired) electrons. The van der Waals surface area contributed by atoms with Crippen molar-refractivity contribution >= 4 is 0 Å². The zero-order chi connectivity index (χ0) is 15.0. The van der Waals surface area contributed by atoms with Gasteiger partial charge >= 0.3 is 6.18 Å². The Labute approximate surface area is 101 Å². The monoisotopic (exact) mass is 282 g/mol. The lowest BCUT2D eigenvalue weighted by Gasteiger charge is -2.14. The van der Waals surface area contributed by atoms with Crippen LogP contribution < -0.4 is 0 Å². The van der Waals surface area contributed by atoms with E-state index >= 15 is 0 Å². The molecule has 0 atom stereocenters. The normalized spacial score (nSPS) is 11.3. The fourth-order valence-corrected chi connectivity index (χ4v) is 1.31. The number of alkyl halides is 3. The molecule has 0 amide bonds. The molecule has 0 aromatic heterocycles. The van der Waals surface area contributed by atoms with Crippen molar-refractivity contribution in [2.75, 3.05) is 0 Å². The summed E-state index contributed by atoms with van der Waals surface area (Å²) in [4.78, 5) is 0. The zero-order valence-electron chi connectivity index (χ0n) is 8.62. The van der Waals surface area contributed by atoms with Crippen molar-refractivity contribution in [3.8, 4) is 12.1 Å². The maximum Gasteiger partial charge on any atom is 0.422 e. The number of hydrogen-bond acceptors (Lipinski definition) is 2. The van der Waals surface area contributed by atoms with Crippen molar-refractivity contribution in [1.29, 1.82) is 10.5 Å². The molecule has 1 aromatic carbocycles.